The standard InChI is InChI=1S/C46H36BF7N2O3/c1-57-41-25-15-14-24-36(41)42(43-37(31-16-6-2-7-17-31)26-39(55-43)33-20-10-4-11-21-33)44-38(32-18-8-3-9-19-32)27-40(34-22-12-5-13-23-34)56(44)47(58-29-35(49)28-48)59-30-45(50,51)46(52,53)54/h2-27,35H,28-30H2,1H3/b43-42-. The van der Waals surface area contributed by atoms with Gasteiger partial charge in [0, 0.05) is 33.5 Å². The van der Waals surface area contributed by atoms with Crippen LogP contribution in [0.2, 0.25) is 0 Å². The molecule has 1 aliphatic heterocycles. The number of halogens is 7. The molecule has 6 aromatic rings. The van der Waals surface area contributed by atoms with Crippen molar-refractivity contribution in [2.45, 2.75) is 18.3 Å². The second kappa shape index (κ2) is 17.8. The maximum atomic E-state index is 14.8. The molecule has 0 saturated carbocycles. The van der Waals surface area contributed by atoms with Gasteiger partial charge in [-0.2, -0.15) is 22.0 Å². The van der Waals surface area contributed by atoms with E-state index in [9.17, 15) is 30.7 Å². The van der Waals surface area contributed by atoms with Crippen molar-refractivity contribution < 1.29 is 44.8 Å². The van der Waals surface area contributed by atoms with Gasteiger partial charge >= 0.3 is 19.4 Å². The van der Waals surface area contributed by atoms with E-state index in [1.807, 2.05) is 66.7 Å². The van der Waals surface area contributed by atoms with Crippen LogP contribution < -0.4 is 4.74 Å². The van der Waals surface area contributed by atoms with Crippen LogP contribution in [-0.2, 0) is 9.31 Å². The highest BCUT2D eigenvalue weighted by Gasteiger charge is 2.58. The molecule has 1 atom stereocenters. The minimum Gasteiger partial charge on any atom is -0.496 e. The van der Waals surface area contributed by atoms with Crippen molar-refractivity contribution in [2.75, 3.05) is 27.0 Å². The van der Waals surface area contributed by atoms with E-state index in [-0.39, 0.29) is 11.4 Å². The van der Waals surface area contributed by atoms with E-state index < -0.39 is 45.4 Å². The molecule has 1 aliphatic rings. The highest BCUT2D eigenvalue weighted by Crippen LogP contribution is 2.47. The Balaban J connectivity index is 1.65. The normalized spacial score (nSPS) is 14.4. The number of aromatic nitrogens is 1. The molecule has 1 unspecified atom stereocenters. The van der Waals surface area contributed by atoms with E-state index in [1.165, 1.54) is 11.6 Å². The fourth-order valence-electron chi connectivity index (χ4n) is 6.78. The zero-order valence-electron chi connectivity index (χ0n) is 31.6. The molecule has 0 spiro atoms. The van der Waals surface area contributed by atoms with Gasteiger partial charge in [-0.15, -0.1) is 0 Å². The van der Waals surface area contributed by atoms with Gasteiger partial charge in [-0.3, -0.25) is 0 Å². The third kappa shape index (κ3) is 8.81. The Bertz CT molecular complexity index is 2460. The molecule has 0 saturated heterocycles. The lowest BCUT2D eigenvalue weighted by Gasteiger charge is -2.26. The number of alkyl halides is 7. The van der Waals surface area contributed by atoms with Crippen molar-refractivity contribution in [1.82, 2.24) is 4.48 Å². The van der Waals surface area contributed by atoms with Gasteiger partial charge in [0.15, 0.2) is 0 Å². The van der Waals surface area contributed by atoms with Crippen LogP contribution in [0.5, 0.6) is 5.75 Å². The molecule has 0 aliphatic carbocycles. The molecule has 2 heterocycles. The molecule has 1 aromatic heterocycles. The van der Waals surface area contributed by atoms with Gasteiger partial charge < -0.3 is 18.5 Å². The third-order valence-electron chi connectivity index (χ3n) is 9.58. The number of rotatable bonds is 15. The van der Waals surface area contributed by atoms with Crippen LogP contribution in [0.1, 0.15) is 22.4 Å². The first-order valence-electron chi connectivity index (χ1n) is 18.5. The number of nitrogens with zero attached hydrogens (tertiary/aromatic N) is 2. The number of benzene rings is 5. The monoisotopic (exact) mass is 808 g/mol. The van der Waals surface area contributed by atoms with Gasteiger partial charge in [-0.25, -0.2) is 13.8 Å². The number of ether oxygens (including phenoxy) is 1. The summed E-state index contributed by atoms with van der Waals surface area (Å²) in [4.78, 5) is 5.24. The average molecular weight is 809 g/mol. The lowest BCUT2D eigenvalue weighted by Crippen LogP contribution is -2.45. The molecule has 300 valence electrons. The Labute approximate surface area is 336 Å². The summed E-state index contributed by atoms with van der Waals surface area (Å²) in [5.74, 6) is -4.98. The predicted molar refractivity (Wildman–Crippen MR) is 217 cm³/mol. The summed E-state index contributed by atoms with van der Waals surface area (Å²) in [6.07, 6.45) is -6.35. The molecule has 13 heteroatoms. The smallest absolute Gasteiger partial charge is 0.496 e. The fourth-order valence-corrected chi connectivity index (χ4v) is 6.78. The number of hydrogen-bond acceptors (Lipinski definition) is 4. The highest BCUT2D eigenvalue weighted by atomic mass is 19.4. The minimum atomic E-state index is -6.00. The van der Waals surface area contributed by atoms with Crippen LogP contribution in [0.4, 0.5) is 30.7 Å². The van der Waals surface area contributed by atoms with E-state index in [0.29, 0.717) is 50.6 Å². The molecule has 0 amide bonds. The van der Waals surface area contributed by atoms with E-state index >= 15 is 0 Å². The lowest BCUT2D eigenvalue weighted by atomic mass is 9.89. The summed E-state index contributed by atoms with van der Waals surface area (Å²) < 4.78 is 117. The quantitative estimate of drug-likeness (QED) is 0.0767. The van der Waals surface area contributed by atoms with Crippen LogP contribution in [0.15, 0.2) is 168 Å². The van der Waals surface area contributed by atoms with E-state index in [2.05, 4.69) is 0 Å². The SMILES string of the molecule is COc1ccccc1/C(=C1/N=C(c2ccccc2)C=C1c1ccccc1)c1c(-c2ccccc2)cc(-c2ccccc2)n1B(OCC(F)CF)OCC(F)(F)C(F)(F)F. The highest BCUT2D eigenvalue weighted by molar-refractivity contribution is 6.44. The molecule has 5 nitrogen and oxygen atoms in total. The third-order valence-corrected chi connectivity index (χ3v) is 9.58. The van der Waals surface area contributed by atoms with Crippen LogP contribution in [-0.4, -0.2) is 62.7 Å². The van der Waals surface area contributed by atoms with Gasteiger partial charge in [-0.1, -0.05) is 140 Å². The Morgan fingerprint density at radius 2 is 1.24 bits per heavy atom. The van der Waals surface area contributed by atoms with Gasteiger partial charge in [0.05, 0.1) is 30.8 Å². The summed E-state index contributed by atoms with van der Waals surface area (Å²) in [6, 6.07) is 45.1. The first kappa shape index (κ1) is 41.0. The minimum absolute atomic E-state index is 0.186. The largest absolute Gasteiger partial charge is 0.598 e. The lowest BCUT2D eigenvalue weighted by molar-refractivity contribution is -0.291. The van der Waals surface area contributed by atoms with Gasteiger partial charge in [0.2, 0.25) is 0 Å². The summed E-state index contributed by atoms with van der Waals surface area (Å²) >= 11 is 0. The Kier molecular flexibility index (Phi) is 12.3. The van der Waals surface area contributed by atoms with E-state index in [1.54, 1.807) is 91.0 Å². The summed E-state index contributed by atoms with van der Waals surface area (Å²) in [6.45, 7) is -4.76. The van der Waals surface area contributed by atoms with Crippen molar-refractivity contribution in [2.24, 2.45) is 4.99 Å². The maximum absolute atomic E-state index is 14.8. The van der Waals surface area contributed by atoms with Crippen LogP contribution in [0.25, 0.3) is 33.5 Å². The van der Waals surface area contributed by atoms with E-state index in [4.69, 9.17) is 19.0 Å². The topological polar surface area (TPSA) is 45.0 Å². The van der Waals surface area contributed by atoms with Crippen molar-refractivity contribution in [3.63, 3.8) is 0 Å². The van der Waals surface area contributed by atoms with Crippen molar-refractivity contribution in [3.05, 3.63) is 186 Å². The molecule has 0 fully saturated rings. The van der Waals surface area contributed by atoms with Crippen LogP contribution >= 0.6 is 0 Å². The fraction of sp³-hybridized carbons (Fsp3) is 0.152. The predicted octanol–water partition coefficient (Wildman–Crippen LogP) is 11.5. The molecule has 59 heavy (non-hydrogen) atoms. The van der Waals surface area contributed by atoms with Crippen molar-refractivity contribution >= 4 is 24.1 Å². The summed E-state index contributed by atoms with van der Waals surface area (Å²) in [7, 11) is -0.703. The zero-order chi connectivity index (χ0) is 41.6. The first-order chi connectivity index (χ1) is 28.5. The maximum Gasteiger partial charge on any atom is 0.598 e. The van der Waals surface area contributed by atoms with Gasteiger partial charge in [0.25, 0.3) is 0 Å². The number of aliphatic imine (C=N–C) groups is 1. The number of para-hydroxylation sites is 1. The Morgan fingerprint density at radius 1 is 0.695 bits per heavy atom. The van der Waals surface area contributed by atoms with Crippen LogP contribution in [0, 0.1) is 0 Å². The van der Waals surface area contributed by atoms with Crippen LogP contribution in [0.3, 0.4) is 0 Å². The van der Waals surface area contributed by atoms with Crippen molar-refractivity contribution in [3.8, 4) is 28.1 Å². The molecular formula is C46H36BF7N2O3. The second-order valence-corrected chi connectivity index (χ2v) is 13.5. The molecule has 0 radical (unpaired) electrons. The number of hydrogen-bond donors (Lipinski definition) is 0. The second-order valence-electron chi connectivity index (χ2n) is 13.5. The molecule has 0 bridgehead atoms. The molecular weight excluding hydrogens is 772 g/mol. The molecule has 5 aromatic carbocycles. The Morgan fingerprint density at radius 3 is 1.81 bits per heavy atom. The zero-order valence-corrected chi connectivity index (χ0v) is 31.6. The summed E-state index contributed by atoms with van der Waals surface area (Å²) in [5.41, 5.74) is 5.87. The van der Waals surface area contributed by atoms with Crippen molar-refractivity contribution in [1.29, 1.82) is 0 Å². The summed E-state index contributed by atoms with van der Waals surface area (Å²) in [5, 5.41) is 0. The van der Waals surface area contributed by atoms with Gasteiger partial charge in [0.1, 0.15) is 25.2 Å². The molecule has 7 rings (SSSR count). The molecule has 0 N–H and O–H groups in total. The Hall–Kier alpha value is -6.18. The average Bonchev–Trinajstić information content (AvgIpc) is 3.88. The number of methoxy groups -OCH3 is 1. The van der Waals surface area contributed by atoms with Gasteiger partial charge in [-0.05, 0) is 34.9 Å². The number of allylic oxidation sites excluding steroid dienone is 2. The van der Waals surface area contributed by atoms with E-state index in [0.717, 1.165) is 11.1 Å². The first-order valence-corrected chi connectivity index (χ1v) is 18.5.